The van der Waals surface area contributed by atoms with Crippen molar-refractivity contribution in [1.29, 1.82) is 0 Å². The number of fused-ring (bicyclic) bond motifs is 7. The Kier molecular flexibility index (Phi) is 9.37. The molecule has 1 aliphatic heterocycles. The number of carbonyl (C=O) groups excluding carboxylic acids is 4. The summed E-state index contributed by atoms with van der Waals surface area (Å²) in [6, 6.07) is 0. The molecule has 51 heavy (non-hydrogen) atoms. The Morgan fingerprint density at radius 3 is 2.12 bits per heavy atom. The molecule has 6 rings (SSSR count). The van der Waals surface area contributed by atoms with E-state index in [4.69, 9.17) is 4.74 Å². The third-order valence-corrected chi connectivity index (χ3v) is 16.2. The molecule has 9 nitrogen and oxygen atoms in total. The van der Waals surface area contributed by atoms with Crippen molar-refractivity contribution in [2.24, 2.45) is 56.2 Å². The van der Waals surface area contributed by atoms with Gasteiger partial charge in [-0.1, -0.05) is 48.5 Å². The Labute approximate surface area is 305 Å². The van der Waals surface area contributed by atoms with Gasteiger partial charge in [-0.25, -0.2) is 0 Å². The lowest BCUT2D eigenvalue weighted by atomic mass is 9.33. The summed E-state index contributed by atoms with van der Waals surface area (Å²) in [6.45, 7) is 21.7. The van der Waals surface area contributed by atoms with Gasteiger partial charge in [0.1, 0.15) is 6.10 Å². The van der Waals surface area contributed by atoms with Gasteiger partial charge in [-0.15, -0.1) is 0 Å². The lowest BCUT2D eigenvalue weighted by Gasteiger charge is -2.72. The summed E-state index contributed by atoms with van der Waals surface area (Å²) in [6.07, 6.45) is 6.67. The van der Waals surface area contributed by atoms with Crippen LogP contribution in [0.15, 0.2) is 11.1 Å². The van der Waals surface area contributed by atoms with E-state index >= 15 is 0 Å². The zero-order chi connectivity index (χ0) is 37.7. The van der Waals surface area contributed by atoms with E-state index in [1.54, 1.807) is 18.7 Å². The molecule has 1 amide bonds. The molecule has 8 atom stereocenters. The molecular weight excluding hydrogens is 644 g/mol. The third-order valence-electron chi connectivity index (χ3n) is 16.2. The first-order valence-electron chi connectivity index (χ1n) is 19.8. The molecule has 1 saturated heterocycles. The first-order chi connectivity index (χ1) is 23.6. The van der Waals surface area contributed by atoms with E-state index in [-0.39, 0.29) is 64.0 Å². The number of esters is 1. The van der Waals surface area contributed by atoms with E-state index in [0.717, 1.165) is 69.2 Å². The predicted molar refractivity (Wildman–Crippen MR) is 194 cm³/mol. The van der Waals surface area contributed by atoms with Gasteiger partial charge >= 0.3 is 11.9 Å². The number of hydrogen-bond acceptors (Lipinski definition) is 7. The highest BCUT2D eigenvalue weighted by atomic mass is 16.5. The highest BCUT2D eigenvalue weighted by Gasteiger charge is 2.71. The number of carboxylic acids is 1. The summed E-state index contributed by atoms with van der Waals surface area (Å²) >= 11 is 0. The Morgan fingerprint density at radius 1 is 0.863 bits per heavy atom. The average Bonchev–Trinajstić information content (AvgIpc) is 3.35. The van der Waals surface area contributed by atoms with Crippen LogP contribution in [-0.2, 0) is 28.7 Å². The minimum atomic E-state index is -1.18. The van der Waals surface area contributed by atoms with Crippen molar-refractivity contribution >= 4 is 29.4 Å². The SMILES string of the molecule is CC(C)C1=C2[C@H]3CC[C@@H]4[C@@]5(C)CC[C@H](OC(=O)CC(C)(C)C(=O)O)C(C)(C)[C@@H]5CC[C@@]4(C)[C@]3(C)CC[C@@]2(C(=O)C(=O)N2CCN(C)CC2)CC1=O. The standard InChI is InChI=1S/C42H64N2O7/c1-25(2)32-27(45)23-42(34(47)35(48)44-21-19-43(10)20-22-44)18-17-40(8)26(33(32)42)11-12-29-39(7)15-14-30(51-31(46)24-37(3,4)36(49)50)38(5,6)28(39)13-16-41(29,40)9/h25-26,28-30H,11-24H2,1-10H3,(H,49,50)/t26-,28+,29-,30+,39+,40-,41-,42-/m1/s1. The third kappa shape index (κ3) is 5.59. The molecule has 284 valence electrons. The molecule has 1 heterocycles. The molecule has 0 aromatic heterocycles. The summed E-state index contributed by atoms with van der Waals surface area (Å²) in [4.78, 5) is 71.3. The van der Waals surface area contributed by atoms with Crippen LogP contribution in [0.5, 0.6) is 0 Å². The smallest absolute Gasteiger partial charge is 0.309 e. The summed E-state index contributed by atoms with van der Waals surface area (Å²) in [5.74, 6) is -1.33. The largest absolute Gasteiger partial charge is 0.481 e. The van der Waals surface area contributed by atoms with E-state index in [1.807, 2.05) is 7.05 Å². The number of carbonyl (C=O) groups is 5. The van der Waals surface area contributed by atoms with E-state index in [0.29, 0.717) is 31.3 Å². The number of Topliss-reactive ketones (excluding diaryl/α,β-unsaturated/α-hetero) is 2. The molecule has 0 aromatic rings. The zero-order valence-electron chi connectivity index (χ0n) is 33.1. The zero-order valence-corrected chi connectivity index (χ0v) is 33.1. The molecule has 0 radical (unpaired) electrons. The Balaban J connectivity index is 1.30. The van der Waals surface area contributed by atoms with E-state index in [2.05, 4.69) is 53.4 Å². The number of nitrogens with zero attached hydrogens (tertiary/aromatic N) is 2. The van der Waals surface area contributed by atoms with Crippen LogP contribution in [0.2, 0.25) is 0 Å². The second-order valence-corrected chi connectivity index (χ2v) is 19.9. The Morgan fingerprint density at radius 2 is 1.51 bits per heavy atom. The van der Waals surface area contributed by atoms with Crippen molar-refractivity contribution in [2.75, 3.05) is 33.2 Å². The molecule has 5 fully saturated rings. The maximum absolute atomic E-state index is 14.6. The highest BCUT2D eigenvalue weighted by Crippen LogP contribution is 2.76. The van der Waals surface area contributed by atoms with Crippen molar-refractivity contribution in [1.82, 2.24) is 9.80 Å². The Bertz CT molecular complexity index is 1540. The van der Waals surface area contributed by atoms with Crippen LogP contribution in [-0.4, -0.2) is 83.6 Å². The van der Waals surface area contributed by atoms with Gasteiger partial charge in [0.05, 0.1) is 17.3 Å². The molecule has 0 aromatic carbocycles. The van der Waals surface area contributed by atoms with Crippen molar-refractivity contribution in [2.45, 2.75) is 133 Å². The van der Waals surface area contributed by atoms with Gasteiger partial charge in [0.15, 0.2) is 5.78 Å². The van der Waals surface area contributed by atoms with Crippen LogP contribution in [0.1, 0.15) is 127 Å². The topological polar surface area (TPSA) is 121 Å². The van der Waals surface area contributed by atoms with E-state index in [1.165, 1.54) is 0 Å². The van der Waals surface area contributed by atoms with E-state index in [9.17, 15) is 29.1 Å². The summed E-state index contributed by atoms with van der Waals surface area (Å²) in [7, 11) is 2.04. The van der Waals surface area contributed by atoms with Crippen LogP contribution in [0.25, 0.3) is 0 Å². The molecular formula is C42H64N2O7. The lowest BCUT2D eigenvalue weighted by Crippen LogP contribution is -2.66. The van der Waals surface area contributed by atoms with Gasteiger partial charge in [-0.2, -0.15) is 0 Å². The normalized spacial score (nSPS) is 39.5. The fourth-order valence-electron chi connectivity index (χ4n) is 13.1. The minimum Gasteiger partial charge on any atom is -0.481 e. The second kappa shape index (κ2) is 12.5. The molecule has 5 aliphatic carbocycles. The highest BCUT2D eigenvalue weighted by molar-refractivity contribution is 6.40. The number of piperazine rings is 1. The molecule has 1 N–H and O–H groups in total. The monoisotopic (exact) mass is 708 g/mol. The maximum Gasteiger partial charge on any atom is 0.309 e. The number of amides is 1. The molecule has 0 bridgehead atoms. The van der Waals surface area contributed by atoms with Crippen LogP contribution in [0.4, 0.5) is 0 Å². The number of aliphatic carboxylic acids is 1. The molecule has 0 spiro atoms. The fraction of sp³-hybridized carbons (Fsp3) is 0.833. The quantitative estimate of drug-likeness (QED) is 0.229. The van der Waals surface area contributed by atoms with Crippen molar-refractivity contribution < 1.29 is 33.8 Å². The molecule has 6 aliphatic rings. The second-order valence-electron chi connectivity index (χ2n) is 19.9. The number of ketones is 2. The van der Waals surface area contributed by atoms with Gasteiger partial charge in [0, 0.05) is 38.0 Å². The number of likely N-dealkylation sites (N-methyl/N-ethyl adjacent to an activating group) is 1. The van der Waals surface area contributed by atoms with Crippen LogP contribution < -0.4 is 0 Å². The first-order valence-corrected chi connectivity index (χ1v) is 19.8. The van der Waals surface area contributed by atoms with Crippen LogP contribution in [0, 0.1) is 56.2 Å². The van der Waals surface area contributed by atoms with Crippen molar-refractivity contribution in [3.63, 3.8) is 0 Å². The summed E-state index contributed by atoms with van der Waals surface area (Å²) in [5, 5.41) is 9.59. The number of hydrogen-bond donors (Lipinski definition) is 1. The maximum atomic E-state index is 14.6. The summed E-state index contributed by atoms with van der Waals surface area (Å²) < 4.78 is 6.14. The number of carboxylic acid groups (broad SMARTS) is 1. The van der Waals surface area contributed by atoms with Crippen molar-refractivity contribution in [3.05, 3.63) is 11.1 Å². The molecule has 9 heteroatoms. The number of rotatable bonds is 7. The van der Waals surface area contributed by atoms with Gasteiger partial charge in [-0.05, 0) is 123 Å². The minimum absolute atomic E-state index is 0.0101. The fourth-order valence-corrected chi connectivity index (χ4v) is 13.1. The number of allylic oxidation sites excluding steroid dienone is 2. The van der Waals surface area contributed by atoms with Crippen LogP contribution >= 0.6 is 0 Å². The lowest BCUT2D eigenvalue weighted by molar-refractivity contribution is -0.233. The molecule has 4 saturated carbocycles. The van der Waals surface area contributed by atoms with Gasteiger partial charge in [0.25, 0.3) is 5.91 Å². The van der Waals surface area contributed by atoms with E-state index < -0.39 is 28.7 Å². The predicted octanol–water partition coefficient (Wildman–Crippen LogP) is 6.72. The number of ether oxygens (including phenoxy) is 1. The first kappa shape index (κ1) is 38.2. The van der Waals surface area contributed by atoms with Crippen LogP contribution in [0.3, 0.4) is 0 Å². The average molecular weight is 709 g/mol. The van der Waals surface area contributed by atoms with Gasteiger partial charge in [0.2, 0.25) is 5.78 Å². The van der Waals surface area contributed by atoms with Gasteiger partial charge in [-0.3, -0.25) is 24.0 Å². The summed E-state index contributed by atoms with van der Waals surface area (Å²) in [5.41, 5.74) is -0.804. The van der Waals surface area contributed by atoms with Gasteiger partial charge < -0.3 is 19.6 Å². The van der Waals surface area contributed by atoms with Crippen molar-refractivity contribution in [3.8, 4) is 0 Å². The Hall–Kier alpha value is -2.55. The molecule has 0 unspecified atom stereocenters.